The van der Waals surface area contributed by atoms with E-state index in [2.05, 4.69) is 20.7 Å². The van der Waals surface area contributed by atoms with Crippen molar-refractivity contribution < 1.29 is 4.92 Å². The summed E-state index contributed by atoms with van der Waals surface area (Å²) in [5.41, 5.74) is 5.27. The van der Waals surface area contributed by atoms with Gasteiger partial charge >= 0.3 is 0 Å². The number of hydrogen-bond donors (Lipinski definition) is 2. The van der Waals surface area contributed by atoms with E-state index in [1.807, 2.05) is 36.4 Å². The van der Waals surface area contributed by atoms with E-state index < -0.39 is 4.92 Å². The van der Waals surface area contributed by atoms with E-state index in [1.165, 1.54) is 18.7 Å². The number of anilines is 1. The van der Waals surface area contributed by atoms with Gasteiger partial charge in [0.2, 0.25) is 0 Å². The van der Waals surface area contributed by atoms with Crippen LogP contribution in [0.3, 0.4) is 0 Å². The van der Waals surface area contributed by atoms with Gasteiger partial charge in [0.05, 0.1) is 16.7 Å². The molecule has 0 unspecified atom stereocenters. The largest absolute Gasteiger partial charge is 0.372 e. The molecule has 0 aromatic heterocycles. The van der Waals surface area contributed by atoms with Crippen molar-refractivity contribution in [2.75, 3.05) is 18.0 Å². The molecular weight excluding hydrogens is 374 g/mol. The molecule has 1 aliphatic rings. The van der Waals surface area contributed by atoms with Gasteiger partial charge in [-0.25, -0.2) is 0 Å². The Bertz CT molecular complexity index is 851. The second-order valence-electron chi connectivity index (χ2n) is 6.59. The Labute approximate surface area is 169 Å². The Morgan fingerprint density at radius 3 is 2.64 bits per heavy atom. The van der Waals surface area contributed by atoms with Gasteiger partial charge in [0.1, 0.15) is 0 Å². The fourth-order valence-corrected chi connectivity index (χ4v) is 3.26. The molecule has 0 saturated carbocycles. The van der Waals surface area contributed by atoms with E-state index in [1.54, 1.807) is 6.07 Å². The fraction of sp³-hybridized carbons (Fsp3) is 0.300. The summed E-state index contributed by atoms with van der Waals surface area (Å²) in [5.74, 6) is 0. The summed E-state index contributed by atoms with van der Waals surface area (Å²) in [6.07, 6.45) is 4.96. The molecule has 0 bridgehead atoms. The number of nitro groups is 1. The maximum atomic E-state index is 11.3. The average Bonchev–Trinajstić information content (AvgIpc) is 2.73. The molecule has 1 fully saturated rings. The van der Waals surface area contributed by atoms with Gasteiger partial charge in [-0.3, -0.25) is 15.5 Å². The van der Waals surface area contributed by atoms with Gasteiger partial charge in [-0.15, -0.1) is 0 Å². The summed E-state index contributed by atoms with van der Waals surface area (Å²) in [7, 11) is 0. The molecule has 0 spiro atoms. The maximum absolute atomic E-state index is 11.3. The molecule has 1 aliphatic heterocycles. The normalized spacial score (nSPS) is 14.1. The molecule has 0 aliphatic carbocycles. The lowest BCUT2D eigenvalue weighted by atomic mass is 10.1. The van der Waals surface area contributed by atoms with Gasteiger partial charge < -0.3 is 10.2 Å². The highest BCUT2D eigenvalue weighted by Crippen LogP contribution is 2.26. The lowest BCUT2D eigenvalue weighted by Gasteiger charge is -2.28. The van der Waals surface area contributed by atoms with E-state index in [9.17, 15) is 10.1 Å². The average molecular weight is 398 g/mol. The zero-order chi connectivity index (χ0) is 19.8. The van der Waals surface area contributed by atoms with Crippen molar-refractivity contribution in [3.05, 3.63) is 69.8 Å². The zero-order valence-electron chi connectivity index (χ0n) is 15.5. The number of hydrogen-bond acceptors (Lipinski definition) is 5. The van der Waals surface area contributed by atoms with Crippen LogP contribution in [-0.4, -0.2) is 29.3 Å². The first-order valence-corrected chi connectivity index (χ1v) is 9.68. The fourth-order valence-electron chi connectivity index (χ4n) is 3.14. The summed E-state index contributed by atoms with van der Waals surface area (Å²) in [5, 5.41) is 18.8. The van der Waals surface area contributed by atoms with Gasteiger partial charge in [0.25, 0.3) is 5.69 Å². The number of piperidine rings is 1. The van der Waals surface area contributed by atoms with Crippen LogP contribution in [-0.2, 0) is 6.54 Å². The van der Waals surface area contributed by atoms with Crippen molar-refractivity contribution in [1.82, 2.24) is 10.7 Å². The van der Waals surface area contributed by atoms with Crippen molar-refractivity contribution in [1.29, 1.82) is 0 Å². The number of nitro benzene ring substituents is 1. The minimum atomic E-state index is -0.396. The monoisotopic (exact) mass is 397 g/mol. The van der Waals surface area contributed by atoms with E-state index in [0.29, 0.717) is 17.2 Å². The van der Waals surface area contributed by atoms with Crippen LogP contribution in [0.25, 0.3) is 0 Å². The first kappa shape index (κ1) is 19.8. The van der Waals surface area contributed by atoms with Crippen molar-refractivity contribution in [2.45, 2.75) is 25.8 Å². The summed E-state index contributed by atoms with van der Waals surface area (Å²) >= 11 is 5.20. The summed E-state index contributed by atoms with van der Waals surface area (Å²) in [4.78, 5) is 13.2. The van der Waals surface area contributed by atoms with E-state index in [-0.39, 0.29) is 5.69 Å². The minimum absolute atomic E-state index is 0.0227. The molecule has 3 rings (SSSR count). The molecule has 0 radical (unpaired) electrons. The molecule has 28 heavy (non-hydrogen) atoms. The third kappa shape index (κ3) is 5.50. The predicted molar refractivity (Wildman–Crippen MR) is 116 cm³/mol. The highest BCUT2D eigenvalue weighted by molar-refractivity contribution is 7.80. The van der Waals surface area contributed by atoms with Gasteiger partial charge in [0, 0.05) is 31.4 Å². The van der Waals surface area contributed by atoms with Crippen LogP contribution in [0, 0.1) is 10.1 Å². The van der Waals surface area contributed by atoms with E-state index in [4.69, 9.17) is 12.2 Å². The highest BCUT2D eigenvalue weighted by atomic mass is 32.1. The van der Waals surface area contributed by atoms with Crippen LogP contribution < -0.4 is 15.6 Å². The molecule has 2 aromatic rings. The van der Waals surface area contributed by atoms with Crippen LogP contribution in [0.4, 0.5) is 11.4 Å². The summed E-state index contributed by atoms with van der Waals surface area (Å²) in [6, 6.07) is 15.0. The Hall–Kier alpha value is -3.00. The van der Waals surface area contributed by atoms with Gasteiger partial charge in [0.15, 0.2) is 5.11 Å². The van der Waals surface area contributed by atoms with Crippen LogP contribution in [0.15, 0.2) is 53.6 Å². The SMILES string of the molecule is O=[N+]([O-])c1ccc(N2CCCCC2)cc1/C=N/NC(=S)NCc1ccccc1. The Morgan fingerprint density at radius 1 is 1.18 bits per heavy atom. The number of nitrogens with zero attached hydrogens (tertiary/aromatic N) is 3. The van der Waals surface area contributed by atoms with Crippen molar-refractivity contribution in [3.8, 4) is 0 Å². The summed E-state index contributed by atoms with van der Waals surface area (Å²) in [6.45, 7) is 2.52. The molecular formula is C20H23N5O2S. The maximum Gasteiger partial charge on any atom is 0.278 e. The standard InChI is InChI=1S/C20H23N5O2S/c26-25(27)19-10-9-18(24-11-5-2-6-12-24)13-17(19)15-22-23-20(28)21-14-16-7-3-1-4-8-16/h1,3-4,7-10,13,15H,2,5-6,11-12,14H2,(H2,21,23,28)/b22-15+. The second-order valence-corrected chi connectivity index (χ2v) is 6.99. The van der Waals surface area contributed by atoms with Gasteiger partial charge in [-0.2, -0.15) is 5.10 Å². The first-order chi connectivity index (χ1) is 13.6. The van der Waals surface area contributed by atoms with Crippen molar-refractivity contribution >= 4 is 34.9 Å². The highest BCUT2D eigenvalue weighted by Gasteiger charge is 2.17. The van der Waals surface area contributed by atoms with Crippen LogP contribution >= 0.6 is 12.2 Å². The Morgan fingerprint density at radius 2 is 1.93 bits per heavy atom. The first-order valence-electron chi connectivity index (χ1n) is 9.28. The number of hydrazone groups is 1. The lowest BCUT2D eigenvalue weighted by molar-refractivity contribution is -0.385. The Balaban J connectivity index is 1.63. The summed E-state index contributed by atoms with van der Waals surface area (Å²) < 4.78 is 0. The predicted octanol–water partition coefficient (Wildman–Crippen LogP) is 3.58. The molecule has 2 N–H and O–H groups in total. The number of rotatable bonds is 6. The molecule has 2 aromatic carbocycles. The third-order valence-electron chi connectivity index (χ3n) is 4.59. The quantitative estimate of drug-likeness (QED) is 0.336. The molecule has 146 valence electrons. The van der Waals surface area contributed by atoms with Crippen LogP contribution in [0.5, 0.6) is 0 Å². The molecule has 8 heteroatoms. The topological polar surface area (TPSA) is 82.8 Å². The van der Waals surface area contributed by atoms with Crippen molar-refractivity contribution in [3.63, 3.8) is 0 Å². The third-order valence-corrected chi connectivity index (χ3v) is 4.83. The van der Waals surface area contributed by atoms with Gasteiger partial charge in [-0.1, -0.05) is 30.3 Å². The van der Waals surface area contributed by atoms with E-state index in [0.717, 1.165) is 37.2 Å². The van der Waals surface area contributed by atoms with Crippen LogP contribution in [0.2, 0.25) is 0 Å². The van der Waals surface area contributed by atoms with Crippen LogP contribution in [0.1, 0.15) is 30.4 Å². The molecule has 0 atom stereocenters. The molecule has 0 amide bonds. The molecule has 1 heterocycles. The minimum Gasteiger partial charge on any atom is -0.372 e. The Kier molecular flexibility index (Phi) is 6.91. The number of thiocarbonyl (C=S) groups is 1. The van der Waals surface area contributed by atoms with E-state index >= 15 is 0 Å². The smallest absolute Gasteiger partial charge is 0.278 e. The molecule has 7 nitrogen and oxygen atoms in total. The van der Waals surface area contributed by atoms with Gasteiger partial charge in [-0.05, 0) is 49.2 Å². The van der Waals surface area contributed by atoms with Crippen molar-refractivity contribution in [2.24, 2.45) is 5.10 Å². The lowest BCUT2D eigenvalue weighted by Crippen LogP contribution is -2.31. The number of nitrogens with one attached hydrogen (secondary N) is 2. The molecule has 1 saturated heterocycles. The second kappa shape index (κ2) is 9.80. The number of benzene rings is 2. The zero-order valence-corrected chi connectivity index (χ0v) is 16.3.